The second-order valence-electron chi connectivity index (χ2n) is 7.95. The molecule has 2 N–H and O–H groups in total. The molecule has 3 aromatic rings. The number of tetrazole rings is 1. The number of nitrogens with one attached hydrogen (secondary N) is 2. The van der Waals surface area contributed by atoms with Crippen LogP contribution in [0.2, 0.25) is 0 Å². The van der Waals surface area contributed by atoms with Crippen LogP contribution in [0.1, 0.15) is 69.9 Å². The summed E-state index contributed by atoms with van der Waals surface area (Å²) >= 11 is 0. The number of quaternary nitrogens is 1. The van der Waals surface area contributed by atoms with E-state index < -0.39 is 0 Å². The van der Waals surface area contributed by atoms with E-state index >= 15 is 0 Å². The van der Waals surface area contributed by atoms with Crippen LogP contribution < -0.4 is 15.2 Å². The van der Waals surface area contributed by atoms with E-state index in [4.69, 9.17) is 4.74 Å². The molecule has 0 spiro atoms. The Morgan fingerprint density at radius 2 is 1.97 bits per heavy atom. The van der Waals surface area contributed by atoms with E-state index in [1.54, 1.807) is 0 Å². The SMILES string of the molecule is CCOc1ccc2[nH]c(=O)c([C@@H](c3nnnn3C3CCCC3)[NH+](CC)CC)cc2c1. The van der Waals surface area contributed by atoms with Gasteiger partial charge in [0.15, 0.2) is 6.04 Å². The lowest BCUT2D eigenvalue weighted by Gasteiger charge is -2.26. The summed E-state index contributed by atoms with van der Waals surface area (Å²) in [4.78, 5) is 17.5. The second kappa shape index (κ2) is 8.95. The van der Waals surface area contributed by atoms with E-state index in [0.29, 0.717) is 18.2 Å². The van der Waals surface area contributed by atoms with Crippen molar-refractivity contribution in [2.45, 2.75) is 58.5 Å². The van der Waals surface area contributed by atoms with Gasteiger partial charge in [0, 0.05) is 10.9 Å². The fraction of sp³-hybridized carbons (Fsp3) is 0.545. The molecule has 0 unspecified atom stereocenters. The number of rotatable bonds is 8. The molecule has 2 aromatic heterocycles. The maximum atomic E-state index is 13.2. The third-order valence-electron chi connectivity index (χ3n) is 6.23. The number of hydrogen-bond donors (Lipinski definition) is 2. The highest BCUT2D eigenvalue weighted by molar-refractivity contribution is 5.80. The molecule has 1 aromatic carbocycles. The van der Waals surface area contributed by atoms with Gasteiger partial charge in [-0.05, 0) is 68.3 Å². The minimum atomic E-state index is -0.223. The van der Waals surface area contributed by atoms with Crippen LogP contribution in [-0.4, -0.2) is 44.9 Å². The van der Waals surface area contributed by atoms with Gasteiger partial charge in [-0.25, -0.2) is 4.68 Å². The number of pyridine rings is 1. The van der Waals surface area contributed by atoms with Crippen molar-refractivity contribution < 1.29 is 9.64 Å². The van der Waals surface area contributed by atoms with Gasteiger partial charge in [0.05, 0.1) is 31.3 Å². The predicted octanol–water partition coefficient (Wildman–Crippen LogP) is 2.04. The lowest BCUT2D eigenvalue weighted by Crippen LogP contribution is -3.12. The van der Waals surface area contributed by atoms with Crippen LogP contribution in [-0.2, 0) is 0 Å². The molecule has 0 saturated heterocycles. The van der Waals surface area contributed by atoms with Gasteiger partial charge in [-0.3, -0.25) is 4.79 Å². The summed E-state index contributed by atoms with van der Waals surface area (Å²) in [5.41, 5.74) is 1.41. The Bertz CT molecular complexity index is 1050. The van der Waals surface area contributed by atoms with Crippen LogP contribution >= 0.6 is 0 Å². The lowest BCUT2D eigenvalue weighted by atomic mass is 10.0. The van der Waals surface area contributed by atoms with Crippen molar-refractivity contribution in [1.29, 1.82) is 0 Å². The Balaban J connectivity index is 1.85. The first-order chi connectivity index (χ1) is 14.7. The average Bonchev–Trinajstić information content (AvgIpc) is 3.44. The maximum Gasteiger partial charge on any atom is 0.258 e. The summed E-state index contributed by atoms with van der Waals surface area (Å²) in [5.74, 6) is 1.58. The van der Waals surface area contributed by atoms with Gasteiger partial charge in [-0.2, -0.15) is 0 Å². The lowest BCUT2D eigenvalue weighted by molar-refractivity contribution is -0.923. The number of nitrogens with zero attached hydrogens (tertiary/aromatic N) is 4. The molecule has 1 fully saturated rings. The molecule has 30 heavy (non-hydrogen) atoms. The Kier molecular flexibility index (Phi) is 6.13. The quantitative estimate of drug-likeness (QED) is 0.592. The minimum absolute atomic E-state index is 0.0861. The van der Waals surface area contributed by atoms with Crippen molar-refractivity contribution in [3.63, 3.8) is 0 Å². The van der Waals surface area contributed by atoms with Gasteiger partial charge in [0.2, 0.25) is 5.82 Å². The standard InChI is InChI=1S/C22H30N6O2/c1-4-27(5-2)20(21-24-25-26-28(21)16-9-7-8-10-16)18-14-15-13-17(30-6-3)11-12-19(15)23-22(18)29/h11-14,16,20H,4-10H2,1-3H3,(H,23,29)/p+1/t20-/m0/s1. The fourth-order valence-corrected chi connectivity index (χ4v) is 4.67. The molecule has 0 radical (unpaired) electrons. The van der Waals surface area contributed by atoms with Crippen molar-refractivity contribution >= 4 is 10.9 Å². The van der Waals surface area contributed by atoms with E-state index in [1.807, 2.05) is 35.9 Å². The molecular weight excluding hydrogens is 380 g/mol. The van der Waals surface area contributed by atoms with E-state index in [0.717, 1.165) is 48.4 Å². The third-order valence-corrected chi connectivity index (χ3v) is 6.23. The van der Waals surface area contributed by atoms with Gasteiger partial charge in [-0.1, -0.05) is 12.8 Å². The van der Waals surface area contributed by atoms with Gasteiger partial charge in [-0.15, -0.1) is 5.10 Å². The zero-order valence-electron chi connectivity index (χ0n) is 18.0. The highest BCUT2D eigenvalue weighted by atomic mass is 16.5. The molecule has 2 heterocycles. The molecule has 1 aliphatic carbocycles. The number of benzene rings is 1. The molecule has 0 aliphatic heterocycles. The zero-order chi connectivity index (χ0) is 21.1. The predicted molar refractivity (Wildman–Crippen MR) is 115 cm³/mol. The van der Waals surface area contributed by atoms with Crippen molar-refractivity contribution in [2.24, 2.45) is 0 Å². The summed E-state index contributed by atoms with van der Waals surface area (Å²) in [6.45, 7) is 8.58. The number of H-pyrrole nitrogens is 1. The van der Waals surface area contributed by atoms with Crippen molar-refractivity contribution in [2.75, 3.05) is 19.7 Å². The highest BCUT2D eigenvalue weighted by Crippen LogP contribution is 2.31. The Labute approximate surface area is 176 Å². The number of hydrogen-bond acceptors (Lipinski definition) is 5. The molecule has 1 atom stereocenters. The molecule has 8 heteroatoms. The monoisotopic (exact) mass is 411 g/mol. The van der Waals surface area contributed by atoms with Crippen molar-refractivity contribution in [3.8, 4) is 5.75 Å². The maximum absolute atomic E-state index is 13.2. The van der Waals surface area contributed by atoms with Crippen LogP contribution in [0.5, 0.6) is 5.75 Å². The number of aromatic amines is 1. The zero-order valence-corrected chi connectivity index (χ0v) is 18.0. The van der Waals surface area contributed by atoms with Crippen LogP contribution in [0, 0.1) is 0 Å². The summed E-state index contributed by atoms with van der Waals surface area (Å²) < 4.78 is 7.63. The van der Waals surface area contributed by atoms with E-state index in [9.17, 15) is 4.79 Å². The van der Waals surface area contributed by atoms with Gasteiger partial charge in [0.25, 0.3) is 5.56 Å². The first kappa shape index (κ1) is 20.5. The van der Waals surface area contributed by atoms with Crippen molar-refractivity contribution in [1.82, 2.24) is 25.2 Å². The van der Waals surface area contributed by atoms with Gasteiger partial charge < -0.3 is 14.6 Å². The Morgan fingerprint density at radius 3 is 2.67 bits per heavy atom. The van der Waals surface area contributed by atoms with Crippen molar-refractivity contribution in [3.05, 3.63) is 46.0 Å². The highest BCUT2D eigenvalue weighted by Gasteiger charge is 2.34. The van der Waals surface area contributed by atoms with Gasteiger partial charge >= 0.3 is 0 Å². The summed E-state index contributed by atoms with van der Waals surface area (Å²) in [5, 5.41) is 13.7. The van der Waals surface area contributed by atoms with E-state index in [-0.39, 0.29) is 11.6 Å². The van der Waals surface area contributed by atoms with Crippen LogP contribution in [0.15, 0.2) is 29.1 Å². The molecular formula is C22H31N6O2+. The Hall–Kier alpha value is -2.74. The summed E-state index contributed by atoms with van der Waals surface area (Å²) in [6.07, 6.45) is 4.57. The minimum Gasteiger partial charge on any atom is -0.494 e. The number of fused-ring (bicyclic) bond motifs is 1. The average molecular weight is 412 g/mol. The fourth-order valence-electron chi connectivity index (χ4n) is 4.67. The third kappa shape index (κ3) is 3.84. The van der Waals surface area contributed by atoms with E-state index in [2.05, 4.69) is 34.4 Å². The molecule has 0 bridgehead atoms. The Morgan fingerprint density at radius 1 is 1.20 bits per heavy atom. The molecule has 1 aliphatic rings. The summed E-state index contributed by atoms with van der Waals surface area (Å²) in [7, 11) is 0. The summed E-state index contributed by atoms with van der Waals surface area (Å²) in [6, 6.07) is 7.84. The van der Waals surface area contributed by atoms with Crippen LogP contribution in [0.25, 0.3) is 10.9 Å². The number of ether oxygens (including phenoxy) is 1. The molecule has 160 valence electrons. The van der Waals surface area contributed by atoms with Crippen LogP contribution in [0.4, 0.5) is 0 Å². The topological polar surface area (TPSA) is 90.1 Å². The second-order valence-corrected chi connectivity index (χ2v) is 7.95. The first-order valence-electron chi connectivity index (χ1n) is 11.1. The molecule has 0 amide bonds. The van der Waals surface area contributed by atoms with E-state index in [1.165, 1.54) is 17.7 Å². The smallest absolute Gasteiger partial charge is 0.258 e. The largest absolute Gasteiger partial charge is 0.494 e. The molecule has 1 saturated carbocycles. The van der Waals surface area contributed by atoms with Crippen LogP contribution in [0.3, 0.4) is 0 Å². The number of aromatic nitrogens is 5. The molecule has 4 rings (SSSR count). The first-order valence-corrected chi connectivity index (χ1v) is 11.1. The van der Waals surface area contributed by atoms with Gasteiger partial charge in [0.1, 0.15) is 5.75 Å². The normalized spacial score (nSPS) is 15.9. The molecule has 8 nitrogen and oxygen atoms in total.